The minimum atomic E-state index is -0.877. The highest BCUT2D eigenvalue weighted by Crippen LogP contribution is 2.29. The molecule has 0 atom stereocenters. The summed E-state index contributed by atoms with van der Waals surface area (Å²) in [5, 5.41) is 0. The van der Waals surface area contributed by atoms with Crippen molar-refractivity contribution in [3.63, 3.8) is 0 Å². The number of rotatable bonds is 3. The Morgan fingerprint density at radius 2 is 1.54 bits per heavy atom. The van der Waals surface area contributed by atoms with Crippen molar-refractivity contribution >= 4 is 18.2 Å². The molecule has 0 fully saturated rings. The summed E-state index contributed by atoms with van der Waals surface area (Å²) in [4.78, 5) is 24.5. The van der Waals surface area contributed by atoms with Crippen LogP contribution < -0.4 is 4.74 Å². The van der Waals surface area contributed by atoms with Crippen molar-refractivity contribution < 1.29 is 23.8 Å². The molecule has 5 heteroatoms. The largest absolute Gasteiger partial charge is 0.514 e. The highest BCUT2D eigenvalue weighted by molar-refractivity contribution is 5.96. The van der Waals surface area contributed by atoms with Crippen LogP contribution in [0.25, 0.3) is 6.08 Å². The lowest BCUT2D eigenvalue weighted by molar-refractivity contribution is 0.00602. The van der Waals surface area contributed by atoms with Gasteiger partial charge in [0.05, 0.1) is 0 Å². The standard InChI is InChI=1S/C19H26O5/c1-9-13-10-11-14(22-17(21)24-19(6,7)8)15(12(13)2)16(20)23-18(3,4)5/h9-11H,1H2,2-8H3. The predicted octanol–water partition coefficient (Wildman–Crippen LogP) is 4.91. The van der Waals surface area contributed by atoms with Crippen molar-refractivity contribution in [1.29, 1.82) is 0 Å². The average Bonchev–Trinajstić information content (AvgIpc) is 2.34. The third-order valence-electron chi connectivity index (χ3n) is 2.87. The Balaban J connectivity index is 3.25. The van der Waals surface area contributed by atoms with Gasteiger partial charge < -0.3 is 14.2 Å². The number of hydrogen-bond donors (Lipinski definition) is 0. The molecule has 0 saturated heterocycles. The van der Waals surface area contributed by atoms with Crippen LogP contribution in [0.1, 0.15) is 63.0 Å². The Bertz CT molecular complexity index is 645. The molecule has 0 saturated carbocycles. The molecule has 0 bridgehead atoms. The first-order valence-corrected chi connectivity index (χ1v) is 7.74. The molecule has 132 valence electrons. The third kappa shape index (κ3) is 5.72. The van der Waals surface area contributed by atoms with E-state index in [0.29, 0.717) is 5.56 Å². The van der Waals surface area contributed by atoms with Gasteiger partial charge in [0.15, 0.2) is 0 Å². The molecular formula is C19H26O5. The molecule has 0 unspecified atom stereocenters. The number of carbonyl (C=O) groups is 2. The van der Waals surface area contributed by atoms with Gasteiger partial charge >= 0.3 is 12.1 Å². The zero-order valence-corrected chi connectivity index (χ0v) is 15.5. The van der Waals surface area contributed by atoms with E-state index in [1.165, 1.54) is 6.07 Å². The van der Waals surface area contributed by atoms with Crippen LogP contribution in [0, 0.1) is 6.92 Å². The molecule has 1 rings (SSSR count). The van der Waals surface area contributed by atoms with Crippen molar-refractivity contribution in [2.24, 2.45) is 0 Å². The van der Waals surface area contributed by atoms with Gasteiger partial charge in [0.25, 0.3) is 0 Å². The molecule has 0 aromatic heterocycles. The van der Waals surface area contributed by atoms with Gasteiger partial charge in [-0.2, -0.15) is 0 Å². The van der Waals surface area contributed by atoms with Gasteiger partial charge in [-0.25, -0.2) is 9.59 Å². The van der Waals surface area contributed by atoms with Gasteiger partial charge in [-0.15, -0.1) is 0 Å². The average molecular weight is 334 g/mol. The Hall–Kier alpha value is -2.30. The molecule has 0 spiro atoms. The van der Waals surface area contributed by atoms with Gasteiger partial charge in [0, 0.05) is 0 Å². The van der Waals surface area contributed by atoms with Crippen LogP contribution in [0.4, 0.5) is 4.79 Å². The Labute approximate surface area is 143 Å². The van der Waals surface area contributed by atoms with Crippen LogP contribution in [0.15, 0.2) is 18.7 Å². The summed E-state index contributed by atoms with van der Waals surface area (Å²) in [6.45, 7) is 16.0. The van der Waals surface area contributed by atoms with E-state index in [9.17, 15) is 9.59 Å². The number of benzene rings is 1. The number of hydrogen-bond acceptors (Lipinski definition) is 5. The fraction of sp³-hybridized carbons (Fsp3) is 0.474. The topological polar surface area (TPSA) is 61.8 Å². The number of esters is 1. The number of ether oxygens (including phenoxy) is 3. The van der Waals surface area contributed by atoms with E-state index in [1.807, 2.05) is 0 Å². The second-order valence-electron chi connectivity index (χ2n) is 7.43. The van der Waals surface area contributed by atoms with Crippen molar-refractivity contribution in [3.8, 4) is 5.75 Å². The van der Waals surface area contributed by atoms with Crippen molar-refractivity contribution in [1.82, 2.24) is 0 Å². The fourth-order valence-electron chi connectivity index (χ4n) is 1.95. The van der Waals surface area contributed by atoms with Gasteiger partial charge in [0.1, 0.15) is 22.5 Å². The van der Waals surface area contributed by atoms with E-state index in [0.717, 1.165) is 5.56 Å². The maximum atomic E-state index is 12.5. The predicted molar refractivity (Wildman–Crippen MR) is 93.3 cm³/mol. The van der Waals surface area contributed by atoms with Crippen LogP contribution in [0.5, 0.6) is 5.75 Å². The highest BCUT2D eigenvalue weighted by Gasteiger charge is 2.26. The van der Waals surface area contributed by atoms with E-state index < -0.39 is 23.3 Å². The first-order chi connectivity index (χ1) is 10.8. The maximum Gasteiger partial charge on any atom is 0.514 e. The summed E-state index contributed by atoms with van der Waals surface area (Å²) in [6.07, 6.45) is 0.749. The molecule has 0 N–H and O–H groups in total. The normalized spacial score (nSPS) is 11.6. The fourth-order valence-corrected chi connectivity index (χ4v) is 1.95. The zero-order valence-electron chi connectivity index (χ0n) is 15.5. The smallest absolute Gasteiger partial charge is 0.456 e. The molecule has 0 amide bonds. The minimum Gasteiger partial charge on any atom is -0.456 e. The molecule has 0 aliphatic carbocycles. The molecule has 0 aliphatic rings. The minimum absolute atomic E-state index is 0.0987. The van der Waals surface area contributed by atoms with Gasteiger partial charge in [-0.1, -0.05) is 18.7 Å². The molecule has 0 heterocycles. The summed E-state index contributed by atoms with van der Waals surface area (Å²) < 4.78 is 15.8. The first kappa shape index (κ1) is 19.7. The van der Waals surface area contributed by atoms with Crippen LogP contribution in [0.2, 0.25) is 0 Å². The molecular weight excluding hydrogens is 308 g/mol. The molecule has 0 aliphatic heterocycles. The molecule has 24 heavy (non-hydrogen) atoms. The summed E-state index contributed by atoms with van der Waals surface area (Å²) in [6, 6.07) is 3.25. The Morgan fingerprint density at radius 1 is 1.00 bits per heavy atom. The molecule has 0 radical (unpaired) electrons. The Kier molecular flexibility index (Phi) is 5.82. The van der Waals surface area contributed by atoms with E-state index in [2.05, 4.69) is 6.58 Å². The van der Waals surface area contributed by atoms with Crippen LogP contribution in [0.3, 0.4) is 0 Å². The molecule has 1 aromatic carbocycles. The summed E-state index contributed by atoms with van der Waals surface area (Å²) in [5.74, 6) is -0.469. The van der Waals surface area contributed by atoms with Gasteiger partial charge in [-0.3, -0.25) is 0 Å². The van der Waals surface area contributed by atoms with E-state index >= 15 is 0 Å². The lowest BCUT2D eigenvalue weighted by atomic mass is 10.0. The van der Waals surface area contributed by atoms with E-state index in [4.69, 9.17) is 14.2 Å². The highest BCUT2D eigenvalue weighted by atomic mass is 16.7. The summed E-state index contributed by atoms with van der Waals surface area (Å²) >= 11 is 0. The molecule has 1 aromatic rings. The monoisotopic (exact) mass is 334 g/mol. The second-order valence-corrected chi connectivity index (χ2v) is 7.43. The zero-order chi connectivity index (χ0) is 18.7. The summed E-state index contributed by atoms with van der Waals surface area (Å²) in [5.41, 5.74) is 0.205. The van der Waals surface area contributed by atoms with Gasteiger partial charge in [-0.05, 0) is 65.7 Å². The second kappa shape index (κ2) is 7.07. The lowest BCUT2D eigenvalue weighted by Crippen LogP contribution is -2.28. The van der Waals surface area contributed by atoms with E-state index in [1.54, 1.807) is 60.6 Å². The van der Waals surface area contributed by atoms with Crippen molar-refractivity contribution in [2.45, 2.75) is 59.7 Å². The first-order valence-electron chi connectivity index (χ1n) is 7.74. The van der Waals surface area contributed by atoms with Gasteiger partial charge in [0.2, 0.25) is 0 Å². The van der Waals surface area contributed by atoms with Crippen LogP contribution in [-0.4, -0.2) is 23.3 Å². The quantitative estimate of drug-likeness (QED) is 0.581. The van der Waals surface area contributed by atoms with E-state index in [-0.39, 0.29) is 11.3 Å². The van der Waals surface area contributed by atoms with Crippen molar-refractivity contribution in [3.05, 3.63) is 35.4 Å². The van der Waals surface area contributed by atoms with Crippen molar-refractivity contribution in [2.75, 3.05) is 0 Å². The lowest BCUT2D eigenvalue weighted by Gasteiger charge is -2.22. The van der Waals surface area contributed by atoms with Crippen LogP contribution >= 0.6 is 0 Å². The number of carbonyl (C=O) groups excluding carboxylic acids is 2. The third-order valence-corrected chi connectivity index (χ3v) is 2.87. The van der Waals surface area contributed by atoms with Crippen LogP contribution in [-0.2, 0) is 9.47 Å². The SMILES string of the molecule is C=Cc1ccc(OC(=O)OC(C)(C)C)c(C(=O)OC(C)(C)C)c1C. The Morgan fingerprint density at radius 3 is 2.00 bits per heavy atom. The summed E-state index contributed by atoms with van der Waals surface area (Å²) in [7, 11) is 0. The molecule has 5 nitrogen and oxygen atoms in total. The maximum absolute atomic E-state index is 12.5.